The first-order valence-electron chi connectivity index (χ1n) is 10.4. The number of fused-ring (bicyclic) bond motifs is 1. The summed E-state index contributed by atoms with van der Waals surface area (Å²) in [6.45, 7) is 5.32. The van der Waals surface area contributed by atoms with Gasteiger partial charge in [-0.2, -0.15) is 0 Å². The molecule has 2 bridgehead atoms. The number of carbonyl (C=O) groups excluding carboxylic acids is 1. The van der Waals surface area contributed by atoms with Crippen molar-refractivity contribution in [2.75, 3.05) is 19.9 Å². The van der Waals surface area contributed by atoms with Crippen molar-refractivity contribution in [2.45, 2.75) is 63.8 Å². The molecule has 0 radical (unpaired) electrons. The molecular weight excluding hydrogens is 342 g/mol. The van der Waals surface area contributed by atoms with Crippen LogP contribution in [0.2, 0.25) is 0 Å². The quantitative estimate of drug-likeness (QED) is 0.620. The summed E-state index contributed by atoms with van der Waals surface area (Å²) in [7, 11) is 0. The van der Waals surface area contributed by atoms with E-state index in [4.69, 9.17) is 14.2 Å². The molecule has 5 nitrogen and oxygen atoms in total. The molecule has 1 aromatic rings. The molecule has 3 aliphatic rings. The summed E-state index contributed by atoms with van der Waals surface area (Å²) >= 11 is 0. The fourth-order valence-corrected chi connectivity index (χ4v) is 5.42. The van der Waals surface area contributed by atoms with E-state index < -0.39 is 6.16 Å². The lowest BCUT2D eigenvalue weighted by Gasteiger charge is -2.56. The van der Waals surface area contributed by atoms with Crippen LogP contribution in [0.1, 0.15) is 57.1 Å². The van der Waals surface area contributed by atoms with E-state index in [1.165, 1.54) is 43.2 Å². The van der Waals surface area contributed by atoms with Gasteiger partial charge in [0, 0.05) is 11.5 Å². The summed E-state index contributed by atoms with van der Waals surface area (Å²) in [6, 6.07) is 7.03. The van der Waals surface area contributed by atoms with E-state index >= 15 is 0 Å². The van der Waals surface area contributed by atoms with Gasteiger partial charge in [0.05, 0.1) is 6.61 Å². The molecule has 1 aromatic carbocycles. The van der Waals surface area contributed by atoms with Gasteiger partial charge in [0.15, 0.2) is 0 Å². The van der Waals surface area contributed by atoms with Crippen LogP contribution < -0.4 is 10.1 Å². The molecule has 0 amide bonds. The smallest absolute Gasteiger partial charge is 0.457 e. The summed E-state index contributed by atoms with van der Waals surface area (Å²) in [5.41, 5.74) is 3.23. The van der Waals surface area contributed by atoms with E-state index in [1.807, 2.05) is 19.9 Å². The SMILES string of the molecule is CC(C)COC(=O)OCOc1ccc2c(c1)[C@]13CCCC[C@@H]1[C@H](C2)NCC3. The van der Waals surface area contributed by atoms with Crippen LogP contribution in [0.25, 0.3) is 0 Å². The summed E-state index contributed by atoms with van der Waals surface area (Å²) in [5, 5.41) is 3.76. The highest BCUT2D eigenvalue weighted by molar-refractivity contribution is 5.59. The van der Waals surface area contributed by atoms with Crippen molar-refractivity contribution in [3.63, 3.8) is 0 Å². The van der Waals surface area contributed by atoms with Crippen LogP contribution in [0.15, 0.2) is 18.2 Å². The standard InChI is InChI=1S/C22H31NO4/c1-15(2)13-25-21(24)27-14-26-17-7-6-16-11-20-18-5-3-4-8-22(18,9-10-23-20)19(16)12-17/h6-7,12,15,18,20,23H,3-5,8-11,13-14H2,1-2H3/t18-,20+,22+/m1/s1. The first-order chi connectivity index (χ1) is 13.1. The molecule has 1 aliphatic heterocycles. The van der Waals surface area contributed by atoms with Crippen LogP contribution in [0.3, 0.4) is 0 Å². The normalized spacial score (nSPS) is 28.9. The molecule has 0 spiro atoms. The van der Waals surface area contributed by atoms with Crippen LogP contribution in [0.4, 0.5) is 4.79 Å². The van der Waals surface area contributed by atoms with Crippen LogP contribution in [0.5, 0.6) is 5.75 Å². The van der Waals surface area contributed by atoms with Crippen molar-refractivity contribution in [2.24, 2.45) is 11.8 Å². The van der Waals surface area contributed by atoms with Gasteiger partial charge in [0.1, 0.15) is 5.75 Å². The Morgan fingerprint density at radius 2 is 2.15 bits per heavy atom. The van der Waals surface area contributed by atoms with Gasteiger partial charge in [-0.15, -0.1) is 0 Å². The topological polar surface area (TPSA) is 56.8 Å². The van der Waals surface area contributed by atoms with Crippen molar-refractivity contribution in [1.82, 2.24) is 5.32 Å². The summed E-state index contributed by atoms with van der Waals surface area (Å²) < 4.78 is 15.8. The minimum absolute atomic E-state index is 0.115. The maximum absolute atomic E-state index is 11.6. The monoisotopic (exact) mass is 373 g/mol. The van der Waals surface area contributed by atoms with Crippen LogP contribution >= 0.6 is 0 Å². The highest BCUT2D eigenvalue weighted by atomic mass is 16.8. The Morgan fingerprint density at radius 1 is 1.26 bits per heavy atom. The average molecular weight is 373 g/mol. The Hall–Kier alpha value is -1.75. The van der Waals surface area contributed by atoms with Crippen molar-refractivity contribution in [1.29, 1.82) is 0 Å². The molecule has 27 heavy (non-hydrogen) atoms. The highest BCUT2D eigenvalue weighted by Gasteiger charge is 2.51. The molecule has 0 aromatic heterocycles. The van der Waals surface area contributed by atoms with E-state index in [9.17, 15) is 4.79 Å². The first-order valence-corrected chi connectivity index (χ1v) is 10.4. The Kier molecular flexibility index (Phi) is 5.31. The second kappa shape index (κ2) is 7.70. The van der Waals surface area contributed by atoms with Gasteiger partial charge in [0.2, 0.25) is 6.79 Å². The molecule has 2 fully saturated rings. The number of ether oxygens (including phenoxy) is 3. The molecule has 1 heterocycles. The molecule has 1 N–H and O–H groups in total. The zero-order chi connectivity index (χ0) is 18.9. The number of benzene rings is 1. The maximum Gasteiger partial charge on any atom is 0.511 e. The summed E-state index contributed by atoms with van der Waals surface area (Å²) in [6.07, 6.45) is 6.93. The van der Waals surface area contributed by atoms with E-state index in [-0.39, 0.29) is 12.7 Å². The van der Waals surface area contributed by atoms with Gasteiger partial charge < -0.3 is 19.5 Å². The zero-order valence-electron chi connectivity index (χ0n) is 16.5. The average Bonchev–Trinajstić information content (AvgIpc) is 2.67. The van der Waals surface area contributed by atoms with Crippen LogP contribution in [-0.4, -0.2) is 32.1 Å². The second-order valence-corrected chi connectivity index (χ2v) is 8.70. The highest BCUT2D eigenvalue weighted by Crippen LogP contribution is 2.54. The van der Waals surface area contributed by atoms with Crippen molar-refractivity contribution >= 4 is 6.16 Å². The number of hydrogen-bond donors (Lipinski definition) is 1. The van der Waals surface area contributed by atoms with Gasteiger partial charge in [-0.1, -0.05) is 32.8 Å². The number of nitrogens with one attached hydrogen (secondary N) is 1. The molecule has 4 rings (SSSR count). The minimum Gasteiger partial charge on any atom is -0.457 e. The third-order valence-corrected chi connectivity index (χ3v) is 6.56. The van der Waals surface area contributed by atoms with Crippen LogP contribution in [-0.2, 0) is 21.3 Å². The van der Waals surface area contributed by atoms with Gasteiger partial charge in [-0.25, -0.2) is 4.79 Å². The number of hydrogen-bond acceptors (Lipinski definition) is 5. The zero-order valence-corrected chi connectivity index (χ0v) is 16.5. The van der Waals surface area contributed by atoms with Crippen molar-refractivity contribution < 1.29 is 19.0 Å². The van der Waals surface area contributed by atoms with E-state index in [0.717, 1.165) is 24.6 Å². The number of piperidine rings is 1. The molecule has 1 saturated heterocycles. The lowest BCUT2D eigenvalue weighted by molar-refractivity contribution is 0.0000901. The van der Waals surface area contributed by atoms with Gasteiger partial charge in [-0.05, 0) is 67.3 Å². The van der Waals surface area contributed by atoms with Gasteiger partial charge in [0.25, 0.3) is 0 Å². The fourth-order valence-electron chi connectivity index (χ4n) is 5.42. The summed E-state index contributed by atoms with van der Waals surface area (Å²) in [5.74, 6) is 1.81. The molecule has 0 unspecified atom stereocenters. The second-order valence-electron chi connectivity index (χ2n) is 8.70. The molecule has 148 valence electrons. The molecular formula is C22H31NO4. The van der Waals surface area contributed by atoms with Crippen molar-refractivity contribution in [3.05, 3.63) is 29.3 Å². The Bertz CT molecular complexity index is 685. The molecule has 5 heteroatoms. The fraction of sp³-hybridized carbons (Fsp3) is 0.682. The lowest BCUT2D eigenvalue weighted by atomic mass is 9.53. The lowest BCUT2D eigenvalue weighted by Crippen LogP contribution is -2.59. The largest absolute Gasteiger partial charge is 0.511 e. The predicted octanol–water partition coefficient (Wildman–Crippen LogP) is 4.18. The third kappa shape index (κ3) is 3.66. The maximum atomic E-state index is 11.6. The molecule has 1 saturated carbocycles. The summed E-state index contributed by atoms with van der Waals surface area (Å²) in [4.78, 5) is 11.6. The van der Waals surface area contributed by atoms with Gasteiger partial charge >= 0.3 is 6.16 Å². The predicted molar refractivity (Wildman–Crippen MR) is 103 cm³/mol. The minimum atomic E-state index is -0.672. The van der Waals surface area contributed by atoms with E-state index in [2.05, 4.69) is 17.4 Å². The van der Waals surface area contributed by atoms with E-state index in [1.54, 1.807) is 0 Å². The Balaban J connectivity index is 1.45. The number of carbonyl (C=O) groups is 1. The van der Waals surface area contributed by atoms with Crippen LogP contribution in [0, 0.1) is 11.8 Å². The number of rotatable bonds is 5. The van der Waals surface area contributed by atoms with Gasteiger partial charge in [-0.3, -0.25) is 0 Å². The Labute approximate surface area is 161 Å². The van der Waals surface area contributed by atoms with Crippen molar-refractivity contribution in [3.8, 4) is 5.75 Å². The third-order valence-electron chi connectivity index (χ3n) is 6.56. The van der Waals surface area contributed by atoms with E-state index in [0.29, 0.717) is 18.1 Å². The molecule has 3 atom stereocenters. The molecule has 2 aliphatic carbocycles. The first kappa shape index (κ1) is 18.6. The Morgan fingerprint density at radius 3 is 3.00 bits per heavy atom.